The molecule has 2 rings (SSSR count). The first-order valence-electron chi connectivity index (χ1n) is 4.34. The van der Waals surface area contributed by atoms with Gasteiger partial charge < -0.3 is 0 Å². The van der Waals surface area contributed by atoms with Gasteiger partial charge in [0.25, 0.3) is 0 Å². The number of hydrogen-bond acceptors (Lipinski definition) is 2. The van der Waals surface area contributed by atoms with Crippen molar-refractivity contribution >= 4 is 23.1 Å². The molecule has 1 heterocycles. The Labute approximate surface area is 93.8 Å². The van der Waals surface area contributed by atoms with Crippen LogP contribution in [0.1, 0.15) is 0 Å². The first-order chi connectivity index (χ1) is 7.39. The maximum Gasteiger partial charge on any atom is 0.416 e. The third-order valence-corrected chi connectivity index (χ3v) is 2.56. The fraction of sp³-hybridized carbons (Fsp3) is 0.200. The lowest BCUT2D eigenvalue weighted by Crippen LogP contribution is -2.28. The Morgan fingerprint density at radius 3 is 2.69 bits per heavy atom. The van der Waals surface area contributed by atoms with Gasteiger partial charge in [-0.05, 0) is 6.08 Å². The van der Waals surface area contributed by atoms with Gasteiger partial charge in [0, 0.05) is 12.3 Å². The minimum atomic E-state index is -4.51. The van der Waals surface area contributed by atoms with E-state index in [2.05, 4.69) is 4.99 Å². The second-order valence-corrected chi connectivity index (χ2v) is 3.73. The second-order valence-electron chi connectivity index (χ2n) is 3.32. The molecule has 0 radical (unpaired) electrons. The summed E-state index contributed by atoms with van der Waals surface area (Å²) in [5.74, 6) is -1.46. The van der Waals surface area contributed by atoms with Crippen molar-refractivity contribution in [2.24, 2.45) is 10.9 Å². The zero-order valence-corrected chi connectivity index (χ0v) is 8.51. The van der Waals surface area contributed by atoms with Crippen molar-refractivity contribution in [3.63, 3.8) is 0 Å². The number of rotatable bonds is 0. The normalized spacial score (nSPS) is 24.6. The van der Waals surface area contributed by atoms with Gasteiger partial charge in [-0.2, -0.15) is 13.2 Å². The van der Waals surface area contributed by atoms with Crippen molar-refractivity contribution < 1.29 is 18.0 Å². The van der Waals surface area contributed by atoms with Crippen LogP contribution in [0.2, 0.25) is 0 Å². The molecule has 2 nitrogen and oxygen atoms in total. The maximum atomic E-state index is 12.5. The summed E-state index contributed by atoms with van der Waals surface area (Å²) in [6.45, 7) is 0. The predicted molar refractivity (Wildman–Crippen MR) is 53.1 cm³/mol. The Bertz CT molecular complexity index is 471. The van der Waals surface area contributed by atoms with Crippen LogP contribution >= 0.6 is 11.6 Å². The Morgan fingerprint density at radius 1 is 1.38 bits per heavy atom. The number of fused-ring (bicyclic) bond motifs is 1. The quantitative estimate of drug-likeness (QED) is 0.647. The van der Waals surface area contributed by atoms with Gasteiger partial charge in [-0.15, -0.1) is 0 Å². The molecule has 16 heavy (non-hydrogen) atoms. The van der Waals surface area contributed by atoms with E-state index in [0.29, 0.717) is 0 Å². The van der Waals surface area contributed by atoms with E-state index in [1.165, 1.54) is 6.20 Å². The van der Waals surface area contributed by atoms with Crippen LogP contribution < -0.4 is 0 Å². The van der Waals surface area contributed by atoms with E-state index in [0.717, 1.165) is 18.2 Å². The van der Waals surface area contributed by atoms with E-state index >= 15 is 0 Å². The van der Waals surface area contributed by atoms with Crippen LogP contribution in [0.15, 0.2) is 40.0 Å². The molecule has 1 aliphatic heterocycles. The number of nitrogens with zero attached hydrogens (tertiary/aromatic N) is 1. The van der Waals surface area contributed by atoms with Gasteiger partial charge in [0.05, 0.1) is 22.2 Å². The standard InChI is InChI=1S/C10H5ClF3NO/c11-7-4-5(10(12,13)14)3-6-8(16)1-2-15-9(6)7/h1-4,6H. The number of aliphatic imine (C=N–C) groups is 1. The van der Waals surface area contributed by atoms with Gasteiger partial charge in [0.15, 0.2) is 5.78 Å². The molecule has 0 bridgehead atoms. The zero-order valence-electron chi connectivity index (χ0n) is 7.75. The van der Waals surface area contributed by atoms with E-state index in [-0.39, 0.29) is 10.7 Å². The summed E-state index contributed by atoms with van der Waals surface area (Å²) in [4.78, 5) is 15.2. The first kappa shape index (κ1) is 11.1. The molecule has 0 amide bonds. The lowest BCUT2D eigenvalue weighted by molar-refractivity contribution is -0.115. The smallest absolute Gasteiger partial charge is 0.294 e. The number of allylic oxidation sites excluding steroid dienone is 5. The summed E-state index contributed by atoms with van der Waals surface area (Å²) in [5.41, 5.74) is -0.743. The largest absolute Gasteiger partial charge is 0.416 e. The molecular formula is C10H5ClF3NO. The molecule has 0 fully saturated rings. The van der Waals surface area contributed by atoms with Crippen molar-refractivity contribution in [3.8, 4) is 0 Å². The van der Waals surface area contributed by atoms with Crippen LogP contribution in [0, 0.1) is 5.92 Å². The SMILES string of the molecule is O=C1C=CN=C2C(Cl)=CC(C(F)(F)F)=CC12. The molecular weight excluding hydrogens is 243 g/mol. The first-order valence-corrected chi connectivity index (χ1v) is 4.72. The molecule has 0 aromatic carbocycles. The van der Waals surface area contributed by atoms with Crippen LogP contribution in [0.4, 0.5) is 13.2 Å². The number of carbonyl (C=O) groups is 1. The van der Waals surface area contributed by atoms with Crippen molar-refractivity contribution in [1.82, 2.24) is 0 Å². The summed E-state index contributed by atoms with van der Waals surface area (Å²) < 4.78 is 37.4. The Kier molecular flexibility index (Phi) is 2.50. The Hall–Kier alpha value is -1.36. The summed E-state index contributed by atoms with van der Waals surface area (Å²) in [5, 5.41) is -0.141. The Balaban J connectivity index is 2.48. The number of ketones is 1. The molecule has 0 saturated heterocycles. The summed E-state index contributed by atoms with van der Waals surface area (Å²) in [7, 11) is 0. The van der Waals surface area contributed by atoms with Crippen LogP contribution in [-0.2, 0) is 4.79 Å². The topological polar surface area (TPSA) is 29.4 Å². The molecule has 0 spiro atoms. The molecule has 2 aliphatic rings. The molecule has 0 N–H and O–H groups in total. The second kappa shape index (κ2) is 3.59. The number of carbonyl (C=O) groups excluding carboxylic acids is 1. The van der Waals surface area contributed by atoms with Crippen molar-refractivity contribution in [2.75, 3.05) is 0 Å². The van der Waals surface area contributed by atoms with Crippen molar-refractivity contribution in [3.05, 3.63) is 35.0 Å². The van der Waals surface area contributed by atoms with Crippen LogP contribution in [0.3, 0.4) is 0 Å². The average molecular weight is 248 g/mol. The lowest BCUT2D eigenvalue weighted by atomic mass is 9.89. The molecule has 0 saturated carbocycles. The zero-order chi connectivity index (χ0) is 11.9. The molecule has 1 atom stereocenters. The molecule has 1 aliphatic carbocycles. The van der Waals surface area contributed by atoms with Gasteiger partial charge in [0.2, 0.25) is 0 Å². The number of alkyl halides is 3. The lowest BCUT2D eigenvalue weighted by Gasteiger charge is -2.22. The fourth-order valence-electron chi connectivity index (χ4n) is 1.50. The molecule has 0 aromatic rings. The monoisotopic (exact) mass is 247 g/mol. The van der Waals surface area contributed by atoms with E-state index in [4.69, 9.17) is 11.6 Å². The van der Waals surface area contributed by atoms with Gasteiger partial charge in [0.1, 0.15) is 0 Å². The highest BCUT2D eigenvalue weighted by atomic mass is 35.5. The third kappa shape index (κ3) is 1.82. The van der Waals surface area contributed by atoms with Gasteiger partial charge in [-0.25, -0.2) is 0 Å². The minimum Gasteiger partial charge on any atom is -0.294 e. The van der Waals surface area contributed by atoms with Crippen LogP contribution in [0.5, 0.6) is 0 Å². The van der Waals surface area contributed by atoms with Crippen LogP contribution in [0.25, 0.3) is 0 Å². The van der Waals surface area contributed by atoms with Crippen molar-refractivity contribution in [1.29, 1.82) is 0 Å². The van der Waals surface area contributed by atoms with Gasteiger partial charge in [-0.1, -0.05) is 17.7 Å². The summed E-state index contributed by atoms with van der Waals surface area (Å²) in [6.07, 6.45) is -0.516. The van der Waals surface area contributed by atoms with Gasteiger partial charge >= 0.3 is 6.18 Å². The van der Waals surface area contributed by atoms with E-state index < -0.39 is 23.5 Å². The predicted octanol–water partition coefficient (Wildman–Crippen LogP) is 2.77. The summed E-state index contributed by atoms with van der Waals surface area (Å²) in [6, 6.07) is 0. The fourth-order valence-corrected chi connectivity index (χ4v) is 1.78. The van der Waals surface area contributed by atoms with Gasteiger partial charge in [-0.3, -0.25) is 9.79 Å². The molecule has 84 valence electrons. The molecule has 0 aromatic heterocycles. The highest BCUT2D eigenvalue weighted by Crippen LogP contribution is 2.35. The van der Waals surface area contributed by atoms with Crippen molar-refractivity contribution in [2.45, 2.75) is 6.18 Å². The Morgan fingerprint density at radius 2 is 2.06 bits per heavy atom. The molecule has 1 unspecified atom stereocenters. The number of hydrogen-bond donors (Lipinski definition) is 0. The summed E-state index contributed by atoms with van der Waals surface area (Å²) >= 11 is 5.66. The highest BCUT2D eigenvalue weighted by Gasteiger charge is 2.38. The molecule has 6 heteroatoms. The average Bonchev–Trinajstić information content (AvgIpc) is 2.18. The number of halogens is 4. The van der Waals surface area contributed by atoms with E-state index in [1.807, 2.05) is 0 Å². The minimum absolute atomic E-state index is 0.141. The van der Waals surface area contributed by atoms with Crippen LogP contribution in [-0.4, -0.2) is 17.7 Å². The van der Waals surface area contributed by atoms with E-state index in [1.54, 1.807) is 0 Å². The third-order valence-electron chi connectivity index (χ3n) is 2.25. The van der Waals surface area contributed by atoms with E-state index in [9.17, 15) is 18.0 Å². The highest BCUT2D eigenvalue weighted by molar-refractivity contribution is 6.46. The maximum absolute atomic E-state index is 12.5.